The molecule has 5 heteroatoms. The van der Waals surface area contributed by atoms with Crippen molar-refractivity contribution in [1.82, 2.24) is 0 Å². The fraction of sp³-hybridized carbons (Fsp3) is 0.417. The smallest absolute Gasteiger partial charge is 0.304 e. The Hall–Kier alpha value is -1.91. The fourth-order valence-corrected chi connectivity index (χ4v) is 1.98. The van der Waals surface area contributed by atoms with E-state index in [4.69, 9.17) is 14.6 Å². The normalized spacial score (nSPS) is 13.8. The van der Waals surface area contributed by atoms with Crippen LogP contribution in [-0.4, -0.2) is 23.0 Å². The van der Waals surface area contributed by atoms with Crippen LogP contribution in [-0.2, 0) is 10.2 Å². The van der Waals surface area contributed by atoms with Crippen molar-refractivity contribution in [2.24, 2.45) is 0 Å². The van der Waals surface area contributed by atoms with E-state index in [1.807, 2.05) is 0 Å². The molecule has 0 saturated heterocycles. The fourth-order valence-electron chi connectivity index (χ4n) is 1.98. The van der Waals surface area contributed by atoms with E-state index in [9.17, 15) is 9.90 Å². The van der Waals surface area contributed by atoms with Crippen molar-refractivity contribution in [3.05, 3.63) is 17.7 Å². The molecular weight excluding hydrogens is 224 g/mol. The molecule has 0 amide bonds. The van der Waals surface area contributed by atoms with Gasteiger partial charge in [0.05, 0.1) is 6.42 Å². The zero-order valence-electron chi connectivity index (χ0n) is 9.69. The third kappa shape index (κ3) is 2.00. The first-order valence-corrected chi connectivity index (χ1v) is 5.25. The molecule has 1 heterocycles. The highest BCUT2D eigenvalue weighted by Crippen LogP contribution is 2.46. The zero-order valence-corrected chi connectivity index (χ0v) is 9.69. The Labute approximate surface area is 98.6 Å². The third-order valence-corrected chi connectivity index (χ3v) is 2.84. The molecule has 0 bridgehead atoms. The van der Waals surface area contributed by atoms with Crippen molar-refractivity contribution in [3.63, 3.8) is 0 Å². The van der Waals surface area contributed by atoms with Gasteiger partial charge < -0.3 is 19.7 Å². The van der Waals surface area contributed by atoms with Gasteiger partial charge in [0.15, 0.2) is 11.5 Å². The number of carbonyl (C=O) groups is 1. The molecule has 0 unspecified atom stereocenters. The van der Waals surface area contributed by atoms with E-state index in [1.165, 1.54) is 0 Å². The predicted molar refractivity (Wildman–Crippen MR) is 59.5 cm³/mol. The first-order valence-electron chi connectivity index (χ1n) is 5.25. The molecule has 17 heavy (non-hydrogen) atoms. The van der Waals surface area contributed by atoms with E-state index < -0.39 is 11.4 Å². The molecule has 1 aliphatic heterocycles. The predicted octanol–water partition coefficient (Wildman–Crippen LogP) is 1.87. The summed E-state index contributed by atoms with van der Waals surface area (Å²) >= 11 is 0. The van der Waals surface area contributed by atoms with Gasteiger partial charge in [-0.1, -0.05) is 19.9 Å². The van der Waals surface area contributed by atoms with E-state index in [2.05, 4.69) is 0 Å². The average Bonchev–Trinajstić information content (AvgIpc) is 2.64. The van der Waals surface area contributed by atoms with E-state index >= 15 is 0 Å². The van der Waals surface area contributed by atoms with Crippen molar-refractivity contribution in [2.75, 3.05) is 6.79 Å². The van der Waals surface area contributed by atoms with Crippen LogP contribution in [0.15, 0.2) is 12.1 Å². The first kappa shape index (κ1) is 11.6. The van der Waals surface area contributed by atoms with Gasteiger partial charge in [0, 0.05) is 11.0 Å². The summed E-state index contributed by atoms with van der Waals surface area (Å²) in [5.74, 6) is -0.170. The minimum absolute atomic E-state index is 0.0359. The van der Waals surface area contributed by atoms with E-state index in [0.717, 1.165) is 0 Å². The molecule has 0 radical (unpaired) electrons. The number of carboxylic acids is 1. The van der Waals surface area contributed by atoms with Crippen LogP contribution >= 0.6 is 0 Å². The summed E-state index contributed by atoms with van der Waals surface area (Å²) in [6.45, 7) is 3.60. The zero-order chi connectivity index (χ0) is 12.6. The highest BCUT2D eigenvalue weighted by atomic mass is 16.7. The Bertz CT molecular complexity index is 464. The SMILES string of the molecule is CC(C)(CC(=O)O)c1ccc2c(c1O)OCO2. The number of hydrogen-bond donors (Lipinski definition) is 2. The number of hydrogen-bond acceptors (Lipinski definition) is 4. The lowest BCUT2D eigenvalue weighted by Gasteiger charge is -2.24. The summed E-state index contributed by atoms with van der Waals surface area (Å²) < 4.78 is 10.3. The highest BCUT2D eigenvalue weighted by Gasteiger charge is 2.31. The summed E-state index contributed by atoms with van der Waals surface area (Å²) in [7, 11) is 0. The van der Waals surface area contributed by atoms with E-state index in [0.29, 0.717) is 17.1 Å². The first-order chi connectivity index (χ1) is 7.92. The van der Waals surface area contributed by atoms with Gasteiger partial charge >= 0.3 is 5.97 Å². The molecule has 0 saturated carbocycles. The maximum Gasteiger partial charge on any atom is 0.304 e. The average molecular weight is 238 g/mol. The molecule has 2 rings (SSSR count). The molecule has 0 spiro atoms. The number of rotatable bonds is 3. The van der Waals surface area contributed by atoms with Gasteiger partial charge in [-0.25, -0.2) is 0 Å². The van der Waals surface area contributed by atoms with Crippen LogP contribution in [0.2, 0.25) is 0 Å². The summed E-state index contributed by atoms with van der Waals surface area (Å²) in [6, 6.07) is 3.35. The monoisotopic (exact) mass is 238 g/mol. The molecule has 2 N–H and O–H groups in total. The Balaban J connectivity index is 2.43. The highest BCUT2D eigenvalue weighted by molar-refractivity contribution is 5.70. The Morgan fingerprint density at radius 2 is 2.12 bits per heavy atom. The Kier molecular flexibility index (Phi) is 2.61. The van der Waals surface area contributed by atoms with Crippen LogP contribution < -0.4 is 9.47 Å². The molecule has 1 aromatic rings. The molecular formula is C12H14O5. The van der Waals surface area contributed by atoms with Gasteiger partial charge in [-0.15, -0.1) is 0 Å². The maximum atomic E-state index is 10.8. The molecule has 0 aromatic heterocycles. The maximum absolute atomic E-state index is 10.8. The number of aliphatic carboxylic acids is 1. The number of phenolic OH excluding ortho intramolecular Hbond substituents is 1. The third-order valence-electron chi connectivity index (χ3n) is 2.84. The minimum Gasteiger partial charge on any atom is -0.504 e. The summed E-state index contributed by atoms with van der Waals surface area (Å²) in [5.41, 5.74) is -0.124. The second-order valence-electron chi connectivity index (χ2n) is 4.65. The molecule has 0 aliphatic carbocycles. The van der Waals surface area contributed by atoms with Crippen molar-refractivity contribution in [1.29, 1.82) is 0 Å². The lowest BCUT2D eigenvalue weighted by atomic mass is 9.81. The second-order valence-corrected chi connectivity index (χ2v) is 4.65. The number of benzene rings is 1. The molecule has 0 fully saturated rings. The van der Waals surface area contributed by atoms with Gasteiger partial charge in [-0.2, -0.15) is 0 Å². The summed E-state index contributed by atoms with van der Waals surface area (Å²) in [4.78, 5) is 10.8. The lowest BCUT2D eigenvalue weighted by Crippen LogP contribution is -2.21. The van der Waals surface area contributed by atoms with Crippen LogP contribution in [0.5, 0.6) is 17.2 Å². The lowest BCUT2D eigenvalue weighted by molar-refractivity contribution is -0.138. The number of phenols is 1. The standard InChI is InChI=1S/C12H14O5/c1-12(2,5-9(13)14)7-3-4-8-11(10(7)15)17-6-16-8/h3-4,15H,5-6H2,1-2H3,(H,13,14). The van der Waals surface area contributed by atoms with Crippen LogP contribution in [0.3, 0.4) is 0 Å². The molecule has 1 aliphatic rings. The van der Waals surface area contributed by atoms with Crippen LogP contribution in [0.1, 0.15) is 25.8 Å². The minimum atomic E-state index is -0.910. The summed E-state index contributed by atoms with van der Waals surface area (Å²) in [6.07, 6.45) is -0.0692. The van der Waals surface area contributed by atoms with Gasteiger partial charge in [0.2, 0.25) is 12.5 Å². The Morgan fingerprint density at radius 3 is 2.76 bits per heavy atom. The second kappa shape index (κ2) is 3.84. The van der Waals surface area contributed by atoms with Crippen LogP contribution in [0.25, 0.3) is 0 Å². The topological polar surface area (TPSA) is 76.0 Å². The number of aromatic hydroxyl groups is 1. The van der Waals surface area contributed by atoms with Crippen molar-refractivity contribution in [3.8, 4) is 17.2 Å². The number of ether oxygens (including phenoxy) is 2. The van der Waals surface area contributed by atoms with Gasteiger partial charge in [-0.05, 0) is 6.07 Å². The van der Waals surface area contributed by atoms with E-state index in [-0.39, 0.29) is 19.0 Å². The summed E-state index contributed by atoms with van der Waals surface area (Å²) in [5, 5.41) is 18.9. The molecule has 1 aromatic carbocycles. The molecule has 5 nitrogen and oxygen atoms in total. The van der Waals surface area contributed by atoms with Crippen molar-refractivity contribution >= 4 is 5.97 Å². The van der Waals surface area contributed by atoms with E-state index in [1.54, 1.807) is 26.0 Å². The van der Waals surface area contributed by atoms with Crippen LogP contribution in [0.4, 0.5) is 0 Å². The van der Waals surface area contributed by atoms with Crippen molar-refractivity contribution < 1.29 is 24.5 Å². The van der Waals surface area contributed by atoms with Gasteiger partial charge in [0.1, 0.15) is 0 Å². The number of carboxylic acid groups (broad SMARTS) is 1. The Morgan fingerprint density at radius 1 is 1.41 bits per heavy atom. The molecule has 92 valence electrons. The van der Waals surface area contributed by atoms with Gasteiger partial charge in [-0.3, -0.25) is 4.79 Å². The van der Waals surface area contributed by atoms with Crippen molar-refractivity contribution in [2.45, 2.75) is 25.7 Å². The van der Waals surface area contributed by atoms with Gasteiger partial charge in [0.25, 0.3) is 0 Å². The molecule has 0 atom stereocenters. The largest absolute Gasteiger partial charge is 0.504 e. The quantitative estimate of drug-likeness (QED) is 0.840. The number of fused-ring (bicyclic) bond motifs is 1. The van der Waals surface area contributed by atoms with Crippen LogP contribution in [0, 0.1) is 0 Å².